The molecule has 0 aliphatic rings. The summed E-state index contributed by atoms with van der Waals surface area (Å²) in [7, 11) is 0. The minimum Gasteiger partial charge on any atom is -0.480 e. The molecule has 1 aromatic rings. The van der Waals surface area contributed by atoms with Gasteiger partial charge in [0.1, 0.15) is 6.04 Å². The van der Waals surface area contributed by atoms with Gasteiger partial charge in [0.25, 0.3) is 0 Å². The van der Waals surface area contributed by atoms with Gasteiger partial charge in [0, 0.05) is 12.2 Å². The highest BCUT2D eigenvalue weighted by molar-refractivity contribution is 5.78. The predicted molar refractivity (Wildman–Crippen MR) is 70.7 cm³/mol. The number of hydrogen-bond donors (Lipinski definition) is 1. The monoisotopic (exact) mass is 235 g/mol. The first-order chi connectivity index (χ1) is 7.99. The van der Waals surface area contributed by atoms with E-state index in [0.29, 0.717) is 0 Å². The van der Waals surface area contributed by atoms with Crippen LogP contribution >= 0.6 is 0 Å². The lowest BCUT2D eigenvalue weighted by atomic mass is 10.1. The molecule has 0 radical (unpaired) electrons. The third-order valence-corrected chi connectivity index (χ3v) is 3.17. The summed E-state index contributed by atoms with van der Waals surface area (Å²) >= 11 is 0. The van der Waals surface area contributed by atoms with E-state index in [4.69, 9.17) is 5.11 Å². The maximum atomic E-state index is 11.1. The minimum absolute atomic E-state index is 0.490. The number of nitrogens with zero attached hydrogens (tertiary/aromatic N) is 1. The van der Waals surface area contributed by atoms with Crippen molar-refractivity contribution in [2.24, 2.45) is 0 Å². The van der Waals surface area contributed by atoms with Crippen LogP contribution in [-0.2, 0) is 4.79 Å². The Balaban J connectivity index is 3.13. The Morgan fingerprint density at radius 2 is 2.06 bits per heavy atom. The quantitative estimate of drug-likeness (QED) is 0.853. The number of aryl methyl sites for hydroxylation is 1. The fraction of sp³-hybridized carbons (Fsp3) is 0.500. The molecule has 0 aromatic heterocycles. The van der Waals surface area contributed by atoms with E-state index in [-0.39, 0.29) is 0 Å². The highest BCUT2D eigenvalue weighted by Crippen LogP contribution is 2.24. The van der Waals surface area contributed by atoms with E-state index in [1.165, 1.54) is 5.56 Å². The summed E-state index contributed by atoms with van der Waals surface area (Å²) < 4.78 is 0. The minimum atomic E-state index is -0.778. The maximum absolute atomic E-state index is 11.1. The van der Waals surface area contributed by atoms with E-state index in [1.54, 1.807) is 6.92 Å². The van der Waals surface area contributed by atoms with Crippen LogP contribution in [0.1, 0.15) is 31.4 Å². The van der Waals surface area contributed by atoms with Gasteiger partial charge in [-0.05, 0) is 44.4 Å². The van der Waals surface area contributed by atoms with Gasteiger partial charge >= 0.3 is 5.97 Å². The average Bonchev–Trinajstić information content (AvgIpc) is 2.29. The van der Waals surface area contributed by atoms with Crippen molar-refractivity contribution in [3.8, 4) is 0 Å². The van der Waals surface area contributed by atoms with E-state index >= 15 is 0 Å². The molecule has 0 bridgehead atoms. The summed E-state index contributed by atoms with van der Waals surface area (Å²) in [5.41, 5.74) is 3.39. The molecule has 3 heteroatoms. The summed E-state index contributed by atoms with van der Waals surface area (Å²) in [6.45, 7) is 8.65. The van der Waals surface area contributed by atoms with Crippen LogP contribution < -0.4 is 4.90 Å². The van der Waals surface area contributed by atoms with Crippen LogP contribution in [-0.4, -0.2) is 23.7 Å². The third-order valence-electron chi connectivity index (χ3n) is 3.17. The number of hydrogen-bond acceptors (Lipinski definition) is 2. The fourth-order valence-electron chi connectivity index (χ4n) is 1.94. The van der Waals surface area contributed by atoms with E-state index < -0.39 is 12.0 Å². The van der Waals surface area contributed by atoms with Crippen molar-refractivity contribution in [3.63, 3.8) is 0 Å². The van der Waals surface area contributed by atoms with Crippen molar-refractivity contribution in [3.05, 3.63) is 29.3 Å². The Bertz CT molecular complexity index is 401. The van der Waals surface area contributed by atoms with Gasteiger partial charge in [-0.15, -0.1) is 0 Å². The van der Waals surface area contributed by atoms with Crippen molar-refractivity contribution in [2.45, 2.75) is 40.2 Å². The van der Waals surface area contributed by atoms with Gasteiger partial charge in [0.15, 0.2) is 0 Å². The molecule has 0 amide bonds. The number of anilines is 1. The summed E-state index contributed by atoms with van der Waals surface area (Å²) in [4.78, 5) is 13.1. The normalized spacial score (nSPS) is 12.2. The molecule has 0 aliphatic heterocycles. The predicted octanol–water partition coefficient (Wildman–Crippen LogP) is 2.99. The summed E-state index contributed by atoms with van der Waals surface area (Å²) in [5.74, 6) is -0.778. The van der Waals surface area contributed by atoms with Crippen LogP contribution in [0.2, 0.25) is 0 Å². The van der Waals surface area contributed by atoms with Crippen LogP contribution in [0.5, 0.6) is 0 Å². The highest BCUT2D eigenvalue weighted by Gasteiger charge is 2.21. The molecule has 0 aliphatic carbocycles. The molecular weight excluding hydrogens is 214 g/mol. The van der Waals surface area contributed by atoms with E-state index in [1.807, 2.05) is 36.9 Å². The summed E-state index contributed by atoms with van der Waals surface area (Å²) in [6, 6.07) is 5.54. The molecule has 1 rings (SSSR count). The second-order valence-corrected chi connectivity index (χ2v) is 4.43. The van der Waals surface area contributed by atoms with Gasteiger partial charge in [0.2, 0.25) is 0 Å². The fourth-order valence-corrected chi connectivity index (χ4v) is 1.94. The molecule has 1 N–H and O–H groups in total. The second-order valence-electron chi connectivity index (χ2n) is 4.43. The average molecular weight is 235 g/mol. The zero-order valence-electron chi connectivity index (χ0n) is 11.0. The first-order valence-electron chi connectivity index (χ1n) is 6.04. The lowest BCUT2D eigenvalue weighted by molar-refractivity contribution is -0.138. The lowest BCUT2D eigenvalue weighted by Gasteiger charge is -2.30. The molecule has 17 heavy (non-hydrogen) atoms. The molecule has 0 fully saturated rings. The Morgan fingerprint density at radius 3 is 2.59 bits per heavy atom. The van der Waals surface area contributed by atoms with Crippen molar-refractivity contribution >= 4 is 11.7 Å². The number of carboxylic acids is 1. The van der Waals surface area contributed by atoms with Crippen molar-refractivity contribution in [1.82, 2.24) is 0 Å². The third kappa shape index (κ3) is 2.99. The van der Waals surface area contributed by atoms with Crippen LogP contribution in [0, 0.1) is 13.8 Å². The summed E-state index contributed by atoms with van der Waals surface area (Å²) in [6.07, 6.45) is 0.936. The Morgan fingerprint density at radius 1 is 1.41 bits per heavy atom. The van der Waals surface area contributed by atoms with Gasteiger partial charge in [0.05, 0.1) is 0 Å². The van der Waals surface area contributed by atoms with Crippen molar-refractivity contribution in [1.29, 1.82) is 0 Å². The molecule has 3 nitrogen and oxygen atoms in total. The number of benzene rings is 1. The molecular formula is C14H21NO2. The lowest BCUT2D eigenvalue weighted by Crippen LogP contribution is -2.40. The molecule has 1 atom stereocenters. The van der Waals surface area contributed by atoms with Gasteiger partial charge in [-0.25, -0.2) is 4.79 Å². The van der Waals surface area contributed by atoms with Gasteiger partial charge in [-0.3, -0.25) is 0 Å². The molecule has 1 aromatic carbocycles. The van der Waals surface area contributed by atoms with E-state index in [9.17, 15) is 4.79 Å². The zero-order valence-corrected chi connectivity index (χ0v) is 11.0. The number of carboxylic acid groups (broad SMARTS) is 1. The Hall–Kier alpha value is -1.51. The topological polar surface area (TPSA) is 40.5 Å². The molecule has 94 valence electrons. The second kappa shape index (κ2) is 5.71. The van der Waals surface area contributed by atoms with Gasteiger partial charge in [-0.2, -0.15) is 0 Å². The van der Waals surface area contributed by atoms with Gasteiger partial charge < -0.3 is 10.0 Å². The summed E-state index contributed by atoms with van der Waals surface area (Å²) in [5, 5.41) is 9.16. The van der Waals surface area contributed by atoms with Crippen LogP contribution in [0.4, 0.5) is 5.69 Å². The number of rotatable bonds is 5. The van der Waals surface area contributed by atoms with E-state index in [2.05, 4.69) is 6.92 Å². The molecule has 0 spiro atoms. The Kier molecular flexibility index (Phi) is 4.55. The number of aliphatic carboxylic acids is 1. The van der Waals surface area contributed by atoms with E-state index in [0.717, 1.165) is 24.2 Å². The standard InChI is InChI=1S/C14H21NO2/c1-5-9-15(12(4)14(16)17)13-8-6-7-10(2)11(13)3/h6-8,12H,5,9H2,1-4H3,(H,16,17)/t12-/m0/s1. The molecule has 0 unspecified atom stereocenters. The Labute approximate surface area is 103 Å². The largest absolute Gasteiger partial charge is 0.480 e. The smallest absolute Gasteiger partial charge is 0.326 e. The molecule has 0 saturated carbocycles. The van der Waals surface area contributed by atoms with Gasteiger partial charge in [-0.1, -0.05) is 19.1 Å². The highest BCUT2D eigenvalue weighted by atomic mass is 16.4. The maximum Gasteiger partial charge on any atom is 0.326 e. The molecule has 0 saturated heterocycles. The van der Waals surface area contributed by atoms with Crippen LogP contribution in [0.3, 0.4) is 0 Å². The first-order valence-corrected chi connectivity index (χ1v) is 6.04. The van der Waals surface area contributed by atoms with Crippen molar-refractivity contribution < 1.29 is 9.90 Å². The first kappa shape index (κ1) is 13.6. The van der Waals surface area contributed by atoms with Crippen LogP contribution in [0.25, 0.3) is 0 Å². The zero-order chi connectivity index (χ0) is 13.0. The SMILES string of the molecule is CCCN(c1cccc(C)c1C)[C@@H](C)C(=O)O. The molecule has 0 heterocycles. The van der Waals surface area contributed by atoms with Crippen LogP contribution in [0.15, 0.2) is 18.2 Å². The van der Waals surface area contributed by atoms with Crippen molar-refractivity contribution in [2.75, 3.05) is 11.4 Å². The number of carbonyl (C=O) groups is 1.